The van der Waals surface area contributed by atoms with Crippen molar-refractivity contribution in [3.63, 3.8) is 0 Å². The number of anilines is 1. The molecular weight excluding hydrogens is 500 g/mol. The average Bonchev–Trinajstić information content (AvgIpc) is 3.37. The van der Waals surface area contributed by atoms with Crippen LogP contribution in [0.25, 0.3) is 16.6 Å². The van der Waals surface area contributed by atoms with Gasteiger partial charge in [0.25, 0.3) is 5.91 Å². The summed E-state index contributed by atoms with van der Waals surface area (Å²) in [7, 11) is 3.14. The lowest BCUT2D eigenvalue weighted by molar-refractivity contribution is 0.101. The topological polar surface area (TPSA) is 123 Å². The molecule has 0 unspecified atom stereocenters. The van der Waals surface area contributed by atoms with Gasteiger partial charge in [-0.1, -0.05) is 0 Å². The number of aromatic nitrogens is 5. The normalized spacial score (nSPS) is 10.8. The minimum Gasteiger partial charge on any atom is -0.493 e. The zero-order chi connectivity index (χ0) is 27.4. The molecule has 198 valence electrons. The van der Waals surface area contributed by atoms with Crippen molar-refractivity contribution in [1.82, 2.24) is 24.7 Å². The molecule has 11 heteroatoms. The average molecular weight is 527 g/mol. The minimum absolute atomic E-state index is 0.134. The van der Waals surface area contributed by atoms with Gasteiger partial charge in [-0.3, -0.25) is 14.8 Å². The molecule has 11 nitrogen and oxygen atoms in total. The largest absolute Gasteiger partial charge is 0.493 e. The van der Waals surface area contributed by atoms with E-state index in [2.05, 4.69) is 25.4 Å². The van der Waals surface area contributed by atoms with E-state index in [-0.39, 0.29) is 5.69 Å². The van der Waals surface area contributed by atoms with Crippen LogP contribution in [0.3, 0.4) is 0 Å². The smallest absolute Gasteiger partial charge is 0.281 e. The summed E-state index contributed by atoms with van der Waals surface area (Å²) < 4.78 is 24.1. The van der Waals surface area contributed by atoms with Crippen LogP contribution in [0, 0.1) is 6.92 Å². The fourth-order valence-corrected chi connectivity index (χ4v) is 3.97. The Kier molecular flexibility index (Phi) is 7.21. The first-order valence-electron chi connectivity index (χ1n) is 12.1. The molecule has 4 aromatic heterocycles. The van der Waals surface area contributed by atoms with E-state index in [0.29, 0.717) is 46.7 Å². The number of carbonyl (C=O) groups is 1. The van der Waals surface area contributed by atoms with Crippen LogP contribution in [0.1, 0.15) is 23.1 Å². The van der Waals surface area contributed by atoms with Crippen LogP contribution >= 0.6 is 0 Å². The Morgan fingerprint density at radius 1 is 0.949 bits per heavy atom. The second kappa shape index (κ2) is 11.1. The Morgan fingerprint density at radius 2 is 1.77 bits per heavy atom. The summed E-state index contributed by atoms with van der Waals surface area (Å²) in [6.07, 6.45) is 6.53. The molecule has 0 fully saturated rings. The molecular formula is C28H26N6O5. The van der Waals surface area contributed by atoms with Crippen LogP contribution in [0.5, 0.6) is 28.7 Å². The van der Waals surface area contributed by atoms with Crippen molar-refractivity contribution in [2.45, 2.75) is 13.8 Å². The number of amides is 1. The number of benzene rings is 1. The van der Waals surface area contributed by atoms with Crippen LogP contribution in [-0.4, -0.2) is 51.5 Å². The predicted molar refractivity (Wildman–Crippen MR) is 144 cm³/mol. The van der Waals surface area contributed by atoms with Crippen LogP contribution in [0.4, 0.5) is 5.82 Å². The third kappa shape index (κ3) is 5.28. The number of rotatable bonds is 9. The quantitative estimate of drug-likeness (QED) is 0.283. The van der Waals surface area contributed by atoms with E-state index in [4.69, 9.17) is 18.9 Å². The molecule has 0 radical (unpaired) electrons. The van der Waals surface area contributed by atoms with Crippen molar-refractivity contribution in [3.05, 3.63) is 78.6 Å². The third-order valence-electron chi connectivity index (χ3n) is 5.83. The third-order valence-corrected chi connectivity index (χ3v) is 5.83. The summed E-state index contributed by atoms with van der Waals surface area (Å²) in [5, 5.41) is 7.96. The van der Waals surface area contributed by atoms with Gasteiger partial charge in [0.15, 0.2) is 22.9 Å². The van der Waals surface area contributed by atoms with E-state index in [1.54, 1.807) is 73.9 Å². The molecule has 0 spiro atoms. The van der Waals surface area contributed by atoms with Crippen molar-refractivity contribution in [3.8, 4) is 34.4 Å². The molecule has 0 aliphatic carbocycles. The summed E-state index contributed by atoms with van der Waals surface area (Å²) in [6.45, 7) is 4.09. The first kappa shape index (κ1) is 25.5. The number of nitrogens with zero attached hydrogens (tertiary/aromatic N) is 5. The monoisotopic (exact) mass is 526 g/mol. The van der Waals surface area contributed by atoms with E-state index in [0.717, 1.165) is 16.8 Å². The summed E-state index contributed by atoms with van der Waals surface area (Å²) in [4.78, 5) is 26.1. The van der Waals surface area contributed by atoms with Crippen molar-refractivity contribution in [1.29, 1.82) is 0 Å². The first-order chi connectivity index (χ1) is 19.0. The summed E-state index contributed by atoms with van der Waals surface area (Å²) in [6, 6.07) is 12.4. The summed E-state index contributed by atoms with van der Waals surface area (Å²) in [5.41, 5.74) is 2.34. The Morgan fingerprint density at radius 3 is 2.49 bits per heavy atom. The predicted octanol–water partition coefficient (Wildman–Crippen LogP) is 4.98. The number of pyridine rings is 3. The van der Waals surface area contributed by atoms with Crippen molar-refractivity contribution in [2.75, 3.05) is 26.1 Å². The number of carbonyl (C=O) groups excluding carboxylic acids is 1. The van der Waals surface area contributed by atoms with Gasteiger partial charge < -0.3 is 24.3 Å². The first-order valence-corrected chi connectivity index (χ1v) is 12.1. The molecule has 39 heavy (non-hydrogen) atoms. The van der Waals surface area contributed by atoms with Gasteiger partial charge in [0.2, 0.25) is 0 Å². The van der Waals surface area contributed by atoms with Gasteiger partial charge in [0, 0.05) is 23.8 Å². The molecule has 5 rings (SSSR count). The molecule has 5 aromatic rings. The van der Waals surface area contributed by atoms with Gasteiger partial charge >= 0.3 is 0 Å². The zero-order valence-electron chi connectivity index (χ0n) is 21.8. The maximum absolute atomic E-state index is 13.1. The van der Waals surface area contributed by atoms with Crippen LogP contribution in [0.2, 0.25) is 0 Å². The fourth-order valence-electron chi connectivity index (χ4n) is 3.97. The molecule has 0 aliphatic heterocycles. The molecule has 0 aliphatic rings. The SMILES string of the molecule is CCOc1cn(-c2cccnc2C)nc1C(=O)Nc1ccc(Oc2ccnc3cc(OC)c(OC)cc23)cn1. The Hall–Kier alpha value is -5.19. The molecule has 0 saturated heterocycles. The zero-order valence-corrected chi connectivity index (χ0v) is 21.8. The number of hydrogen-bond donors (Lipinski definition) is 1. The second-order valence-electron chi connectivity index (χ2n) is 8.30. The molecule has 1 amide bonds. The number of ether oxygens (including phenoxy) is 4. The highest BCUT2D eigenvalue weighted by molar-refractivity contribution is 6.04. The highest BCUT2D eigenvalue weighted by Crippen LogP contribution is 2.36. The van der Waals surface area contributed by atoms with Crippen molar-refractivity contribution >= 4 is 22.6 Å². The number of fused-ring (bicyclic) bond motifs is 1. The molecule has 0 bridgehead atoms. The van der Waals surface area contributed by atoms with Crippen molar-refractivity contribution < 1.29 is 23.7 Å². The maximum Gasteiger partial charge on any atom is 0.281 e. The summed E-state index contributed by atoms with van der Waals surface area (Å²) in [5.74, 6) is 2.40. The Labute approximate surface area is 224 Å². The van der Waals surface area contributed by atoms with E-state index >= 15 is 0 Å². The lowest BCUT2D eigenvalue weighted by atomic mass is 10.2. The Bertz CT molecular complexity index is 1630. The van der Waals surface area contributed by atoms with Crippen LogP contribution < -0.4 is 24.3 Å². The van der Waals surface area contributed by atoms with Gasteiger partial charge in [-0.25, -0.2) is 9.67 Å². The molecule has 4 heterocycles. The fraction of sp³-hybridized carbons (Fsp3) is 0.179. The highest BCUT2D eigenvalue weighted by atomic mass is 16.5. The van der Waals surface area contributed by atoms with E-state index in [1.807, 2.05) is 19.9 Å². The standard InChI is InChI=1S/C28H26N6O5/c1-5-38-25-16-34(21-7-6-11-29-17(21)2)33-27(25)28(35)32-26-9-8-18(15-31-26)39-22-10-12-30-20-14-24(37-4)23(36-3)13-19(20)22/h6-16H,5H2,1-4H3,(H,31,32,35). The van der Waals surface area contributed by atoms with Crippen LogP contribution in [0.15, 0.2) is 67.3 Å². The van der Waals surface area contributed by atoms with Gasteiger partial charge in [-0.05, 0) is 50.2 Å². The van der Waals surface area contributed by atoms with Gasteiger partial charge in [-0.15, -0.1) is 0 Å². The second-order valence-corrected chi connectivity index (χ2v) is 8.30. The Balaban J connectivity index is 1.35. The lowest BCUT2D eigenvalue weighted by Crippen LogP contribution is -2.15. The summed E-state index contributed by atoms with van der Waals surface area (Å²) >= 11 is 0. The van der Waals surface area contributed by atoms with Gasteiger partial charge in [0.1, 0.15) is 17.3 Å². The molecule has 1 aromatic carbocycles. The molecule has 0 atom stereocenters. The number of hydrogen-bond acceptors (Lipinski definition) is 9. The molecule has 1 N–H and O–H groups in total. The van der Waals surface area contributed by atoms with Crippen LogP contribution in [-0.2, 0) is 0 Å². The van der Waals surface area contributed by atoms with Crippen molar-refractivity contribution in [2.24, 2.45) is 0 Å². The minimum atomic E-state index is -0.457. The van der Waals surface area contributed by atoms with E-state index in [9.17, 15) is 4.79 Å². The highest BCUT2D eigenvalue weighted by Gasteiger charge is 2.20. The van der Waals surface area contributed by atoms with E-state index < -0.39 is 5.91 Å². The van der Waals surface area contributed by atoms with Gasteiger partial charge in [0.05, 0.1) is 50.1 Å². The number of nitrogens with one attached hydrogen (secondary N) is 1. The lowest BCUT2D eigenvalue weighted by Gasteiger charge is -2.12. The maximum atomic E-state index is 13.1. The van der Waals surface area contributed by atoms with E-state index in [1.165, 1.54) is 6.20 Å². The number of aryl methyl sites for hydroxylation is 1. The number of methoxy groups -OCH3 is 2. The molecule has 0 saturated carbocycles. The van der Waals surface area contributed by atoms with Gasteiger partial charge in [-0.2, -0.15) is 5.10 Å².